The van der Waals surface area contributed by atoms with Crippen molar-refractivity contribution in [1.82, 2.24) is 0 Å². The van der Waals surface area contributed by atoms with Gasteiger partial charge in [0.05, 0.1) is 15.7 Å². The predicted molar refractivity (Wildman–Crippen MR) is 70.8 cm³/mol. The number of anilines is 1. The summed E-state index contributed by atoms with van der Waals surface area (Å²) in [6.07, 6.45) is 0.222. The Bertz CT molecular complexity index is 537. The van der Waals surface area contributed by atoms with Crippen LogP contribution in [0.25, 0.3) is 0 Å². The molecule has 2 rings (SSSR count). The van der Waals surface area contributed by atoms with Gasteiger partial charge in [-0.05, 0) is 28.1 Å². The molecule has 1 aliphatic heterocycles. The third kappa shape index (κ3) is 2.37. The summed E-state index contributed by atoms with van der Waals surface area (Å²) in [5.41, 5.74) is -0.0381. The highest BCUT2D eigenvalue weighted by atomic mass is 79.9. The zero-order chi connectivity index (χ0) is 13.4. The molecule has 1 N–H and O–H groups in total. The van der Waals surface area contributed by atoms with Gasteiger partial charge in [0.2, 0.25) is 5.91 Å². The Hall–Kier alpha value is -1.08. The summed E-state index contributed by atoms with van der Waals surface area (Å²) in [7, 11) is 0. The normalized spacial score (nSPS) is 19.4. The molecule has 1 aliphatic rings. The maximum atomic E-state index is 13.5. The van der Waals surface area contributed by atoms with Crippen LogP contribution >= 0.6 is 28.6 Å². The first-order valence-electron chi connectivity index (χ1n) is 5.11. The monoisotopic (exact) mass is 333 g/mol. The second-order valence-corrected chi connectivity index (χ2v) is 5.54. The molecule has 18 heavy (non-hydrogen) atoms. The lowest BCUT2D eigenvalue weighted by Gasteiger charge is -2.18. The Morgan fingerprint density at radius 2 is 2.22 bits per heavy atom. The van der Waals surface area contributed by atoms with E-state index in [9.17, 15) is 14.0 Å². The summed E-state index contributed by atoms with van der Waals surface area (Å²) >= 11 is 7.11. The van der Waals surface area contributed by atoms with Gasteiger partial charge in [0.15, 0.2) is 0 Å². The summed E-state index contributed by atoms with van der Waals surface area (Å²) in [6, 6.07) is 2.21. The van der Waals surface area contributed by atoms with E-state index in [-0.39, 0.29) is 39.8 Å². The number of halogens is 2. The maximum absolute atomic E-state index is 13.5. The second-order valence-electron chi connectivity index (χ2n) is 3.95. The van der Waals surface area contributed by atoms with Crippen LogP contribution in [0.1, 0.15) is 16.8 Å². The number of carboxylic acids is 1. The highest BCUT2D eigenvalue weighted by Crippen LogP contribution is 2.31. The number of nitrogens with zero attached hydrogens (tertiary/aromatic N) is 1. The summed E-state index contributed by atoms with van der Waals surface area (Å²) in [4.78, 5) is 24.1. The van der Waals surface area contributed by atoms with E-state index in [0.29, 0.717) is 0 Å². The summed E-state index contributed by atoms with van der Waals surface area (Å²) in [5.74, 6) is -2.06. The van der Waals surface area contributed by atoms with Gasteiger partial charge in [0.1, 0.15) is 5.82 Å². The van der Waals surface area contributed by atoms with Crippen LogP contribution < -0.4 is 4.90 Å². The average molecular weight is 334 g/mol. The predicted octanol–water partition coefficient (Wildman–Crippen LogP) is 2.32. The molecule has 0 spiro atoms. The van der Waals surface area contributed by atoms with Crippen molar-refractivity contribution in [2.24, 2.45) is 0 Å². The lowest BCUT2D eigenvalue weighted by molar-refractivity contribution is -0.117. The molecule has 0 bridgehead atoms. The van der Waals surface area contributed by atoms with Crippen molar-refractivity contribution in [1.29, 1.82) is 0 Å². The number of aromatic carboxylic acids is 1. The largest absolute Gasteiger partial charge is 0.478 e. The minimum atomic E-state index is -1.21. The van der Waals surface area contributed by atoms with Gasteiger partial charge in [-0.15, -0.1) is 0 Å². The van der Waals surface area contributed by atoms with E-state index in [1.807, 2.05) is 0 Å². The van der Waals surface area contributed by atoms with Crippen LogP contribution in [-0.4, -0.2) is 28.8 Å². The number of hydrogen-bond acceptors (Lipinski definition) is 3. The van der Waals surface area contributed by atoms with Crippen LogP contribution in [0.15, 0.2) is 16.6 Å². The Balaban J connectivity index is 2.52. The zero-order valence-electron chi connectivity index (χ0n) is 9.06. The SMILES string of the molecule is O=C(O)c1cc(Br)c(F)cc1N1CC(S)CC1=O. The van der Waals surface area contributed by atoms with E-state index in [1.54, 1.807) is 0 Å². The number of amides is 1. The number of carboxylic acid groups (broad SMARTS) is 1. The lowest BCUT2D eigenvalue weighted by Crippen LogP contribution is -2.26. The Labute approximate surface area is 116 Å². The highest BCUT2D eigenvalue weighted by Gasteiger charge is 2.31. The van der Waals surface area contributed by atoms with Crippen molar-refractivity contribution < 1.29 is 19.1 Å². The lowest BCUT2D eigenvalue weighted by atomic mass is 10.1. The number of hydrogen-bond donors (Lipinski definition) is 2. The van der Waals surface area contributed by atoms with Crippen LogP contribution in [0.2, 0.25) is 0 Å². The first-order valence-corrected chi connectivity index (χ1v) is 6.42. The van der Waals surface area contributed by atoms with Crippen molar-refractivity contribution >= 4 is 46.1 Å². The minimum Gasteiger partial charge on any atom is -0.478 e. The number of carbonyl (C=O) groups excluding carboxylic acids is 1. The third-order valence-corrected chi connectivity index (χ3v) is 3.62. The van der Waals surface area contributed by atoms with E-state index in [0.717, 1.165) is 12.1 Å². The fourth-order valence-corrected chi connectivity index (χ4v) is 2.52. The van der Waals surface area contributed by atoms with Crippen molar-refractivity contribution in [2.45, 2.75) is 11.7 Å². The van der Waals surface area contributed by atoms with Crippen molar-refractivity contribution in [2.75, 3.05) is 11.4 Å². The second kappa shape index (κ2) is 4.89. The van der Waals surface area contributed by atoms with Gasteiger partial charge in [-0.3, -0.25) is 4.79 Å². The van der Waals surface area contributed by atoms with Gasteiger partial charge in [0, 0.05) is 18.2 Å². The van der Waals surface area contributed by atoms with E-state index in [1.165, 1.54) is 4.90 Å². The van der Waals surface area contributed by atoms with Crippen LogP contribution in [0.4, 0.5) is 10.1 Å². The smallest absolute Gasteiger partial charge is 0.337 e. The Kier molecular flexibility index (Phi) is 3.63. The van der Waals surface area contributed by atoms with Gasteiger partial charge in [0.25, 0.3) is 0 Å². The molecule has 7 heteroatoms. The standard InChI is InChI=1S/C11H9BrFNO3S/c12-7-2-6(11(16)17)9(3-8(7)13)14-4-5(18)1-10(14)15/h2-3,5,18H,1,4H2,(H,16,17). The molecule has 4 nitrogen and oxygen atoms in total. The molecule has 1 saturated heterocycles. The van der Waals surface area contributed by atoms with Gasteiger partial charge < -0.3 is 10.0 Å². The molecule has 0 saturated carbocycles. The fraction of sp³-hybridized carbons (Fsp3) is 0.273. The van der Waals surface area contributed by atoms with Gasteiger partial charge in [-0.2, -0.15) is 12.6 Å². The van der Waals surface area contributed by atoms with Gasteiger partial charge >= 0.3 is 5.97 Å². The first kappa shape index (κ1) is 13.4. The van der Waals surface area contributed by atoms with E-state index in [2.05, 4.69) is 28.6 Å². The van der Waals surface area contributed by atoms with Gasteiger partial charge in [-0.1, -0.05) is 0 Å². The van der Waals surface area contributed by atoms with Crippen LogP contribution in [-0.2, 0) is 4.79 Å². The minimum absolute atomic E-state index is 0.0534. The van der Waals surface area contributed by atoms with Crippen LogP contribution in [0, 0.1) is 5.82 Å². The molecule has 1 atom stereocenters. The Morgan fingerprint density at radius 1 is 1.56 bits per heavy atom. The number of rotatable bonds is 2. The topological polar surface area (TPSA) is 57.6 Å². The van der Waals surface area contributed by atoms with Crippen LogP contribution in [0.5, 0.6) is 0 Å². The molecular formula is C11H9BrFNO3S. The highest BCUT2D eigenvalue weighted by molar-refractivity contribution is 9.10. The summed E-state index contributed by atoms with van der Waals surface area (Å²) in [6.45, 7) is 0.281. The molecule has 0 radical (unpaired) electrons. The number of benzene rings is 1. The quantitative estimate of drug-likeness (QED) is 0.816. The molecule has 1 aromatic rings. The zero-order valence-corrected chi connectivity index (χ0v) is 11.5. The molecule has 0 aromatic heterocycles. The van der Waals surface area contributed by atoms with Crippen molar-refractivity contribution in [3.63, 3.8) is 0 Å². The first-order chi connectivity index (χ1) is 8.40. The summed E-state index contributed by atoms with van der Waals surface area (Å²) in [5, 5.41) is 8.93. The molecule has 0 aliphatic carbocycles. The fourth-order valence-electron chi connectivity index (χ4n) is 1.85. The Morgan fingerprint density at radius 3 is 2.72 bits per heavy atom. The maximum Gasteiger partial charge on any atom is 0.337 e. The molecule has 1 unspecified atom stereocenters. The van der Waals surface area contributed by atoms with E-state index < -0.39 is 11.8 Å². The molecule has 1 aromatic carbocycles. The van der Waals surface area contributed by atoms with E-state index >= 15 is 0 Å². The average Bonchev–Trinajstić information content (AvgIpc) is 2.61. The molecule has 1 fully saturated rings. The number of thiol groups is 1. The van der Waals surface area contributed by atoms with E-state index in [4.69, 9.17) is 5.11 Å². The number of carbonyl (C=O) groups is 2. The molecule has 1 heterocycles. The van der Waals surface area contributed by atoms with Gasteiger partial charge in [-0.25, -0.2) is 9.18 Å². The molecular weight excluding hydrogens is 325 g/mol. The molecule has 96 valence electrons. The third-order valence-electron chi connectivity index (χ3n) is 2.66. The summed E-state index contributed by atoms with van der Waals surface area (Å²) < 4.78 is 13.6. The van der Waals surface area contributed by atoms with Crippen molar-refractivity contribution in [3.8, 4) is 0 Å². The van der Waals surface area contributed by atoms with Crippen LogP contribution in [0.3, 0.4) is 0 Å². The van der Waals surface area contributed by atoms with Crippen molar-refractivity contribution in [3.05, 3.63) is 28.0 Å². The molecule has 1 amide bonds.